The second-order valence-corrected chi connectivity index (χ2v) is 9.66. The topological polar surface area (TPSA) is 118 Å². The molecule has 1 heterocycles. The van der Waals surface area contributed by atoms with Crippen LogP contribution < -0.4 is 15.4 Å². The average Bonchev–Trinajstić information content (AvgIpc) is 2.84. The van der Waals surface area contributed by atoms with Crippen LogP contribution in [0.15, 0.2) is 51.5 Å². The first-order valence-corrected chi connectivity index (χ1v) is 12.3. The molecule has 182 valence electrons. The van der Waals surface area contributed by atoms with Crippen LogP contribution >= 0.6 is 27.7 Å². The summed E-state index contributed by atoms with van der Waals surface area (Å²) in [6.07, 6.45) is 0. The highest BCUT2D eigenvalue weighted by atomic mass is 79.9. The predicted octanol–water partition coefficient (Wildman–Crippen LogP) is 4.18. The van der Waals surface area contributed by atoms with Crippen molar-refractivity contribution in [3.63, 3.8) is 0 Å². The lowest BCUT2D eigenvalue weighted by atomic mass is 9.78. The van der Waals surface area contributed by atoms with Crippen molar-refractivity contribution < 1.29 is 23.9 Å². The maximum Gasteiger partial charge on any atom is 0.319 e. The van der Waals surface area contributed by atoms with Crippen molar-refractivity contribution in [1.82, 2.24) is 5.32 Å². The van der Waals surface area contributed by atoms with E-state index < -0.39 is 23.7 Å². The summed E-state index contributed by atoms with van der Waals surface area (Å²) < 4.78 is 10.7. The zero-order chi connectivity index (χ0) is 25.7. The van der Waals surface area contributed by atoms with E-state index >= 15 is 0 Å². The first-order valence-electron chi connectivity index (χ1n) is 10.6. The quantitative estimate of drug-likeness (QED) is 0.387. The Bertz CT molecular complexity index is 1230. The SMILES string of the molecule is COC(=O)[C@H]1C(=O)NC(SCC(=O)Nc2c(C)cccc2C)=C(C#N)[C@@H]1c1ccc(OC)c(Br)c1. The lowest BCUT2D eigenvalue weighted by Gasteiger charge is -2.31. The Balaban J connectivity index is 1.94. The number of amides is 2. The zero-order valence-corrected chi connectivity index (χ0v) is 22.0. The summed E-state index contributed by atoms with van der Waals surface area (Å²) in [5.74, 6) is -3.30. The Labute approximate surface area is 216 Å². The third-order valence-corrected chi connectivity index (χ3v) is 7.25. The maximum absolute atomic E-state index is 13.0. The summed E-state index contributed by atoms with van der Waals surface area (Å²) >= 11 is 4.44. The smallest absolute Gasteiger partial charge is 0.319 e. The Morgan fingerprint density at radius 1 is 1.20 bits per heavy atom. The van der Waals surface area contributed by atoms with E-state index in [1.54, 1.807) is 18.2 Å². The minimum atomic E-state index is -1.26. The molecular weight excluding hydrogens is 534 g/mol. The molecule has 2 aromatic rings. The molecule has 0 radical (unpaired) electrons. The summed E-state index contributed by atoms with van der Waals surface area (Å²) in [5, 5.41) is 15.8. The number of rotatable bonds is 7. The van der Waals surface area contributed by atoms with Gasteiger partial charge >= 0.3 is 5.97 Å². The molecular formula is C25H24BrN3O5S. The third-order valence-electron chi connectivity index (χ3n) is 5.61. The van der Waals surface area contributed by atoms with Gasteiger partial charge in [-0.15, -0.1) is 0 Å². The van der Waals surface area contributed by atoms with Crippen LogP contribution in [-0.4, -0.2) is 37.8 Å². The average molecular weight is 558 g/mol. The molecule has 0 aliphatic carbocycles. The highest BCUT2D eigenvalue weighted by Gasteiger charge is 2.44. The van der Waals surface area contributed by atoms with E-state index in [0.717, 1.165) is 28.6 Å². The number of anilines is 1. The fourth-order valence-corrected chi connectivity index (χ4v) is 5.29. The number of benzene rings is 2. The van der Waals surface area contributed by atoms with Crippen molar-refractivity contribution in [1.29, 1.82) is 5.26 Å². The van der Waals surface area contributed by atoms with E-state index in [-0.39, 0.29) is 22.3 Å². The van der Waals surface area contributed by atoms with Gasteiger partial charge in [0.1, 0.15) is 11.7 Å². The van der Waals surface area contributed by atoms with Crippen LogP contribution in [0.5, 0.6) is 5.75 Å². The van der Waals surface area contributed by atoms with Crippen LogP contribution in [0.4, 0.5) is 5.69 Å². The van der Waals surface area contributed by atoms with Crippen molar-refractivity contribution in [2.24, 2.45) is 5.92 Å². The molecule has 35 heavy (non-hydrogen) atoms. The summed E-state index contributed by atoms with van der Waals surface area (Å²) in [6.45, 7) is 3.80. The minimum Gasteiger partial charge on any atom is -0.496 e. The number of nitrogens with zero attached hydrogens (tertiary/aromatic N) is 1. The minimum absolute atomic E-state index is 0.0452. The lowest BCUT2D eigenvalue weighted by Crippen LogP contribution is -2.44. The number of esters is 1. The van der Waals surface area contributed by atoms with Crippen molar-refractivity contribution in [3.05, 3.63) is 68.2 Å². The molecule has 2 amide bonds. The van der Waals surface area contributed by atoms with Crippen molar-refractivity contribution in [3.8, 4) is 11.8 Å². The van der Waals surface area contributed by atoms with E-state index in [9.17, 15) is 19.6 Å². The Morgan fingerprint density at radius 3 is 2.46 bits per heavy atom. The van der Waals surface area contributed by atoms with E-state index in [1.807, 2.05) is 32.0 Å². The van der Waals surface area contributed by atoms with Gasteiger partial charge in [-0.05, 0) is 58.6 Å². The molecule has 2 atom stereocenters. The number of methoxy groups -OCH3 is 2. The van der Waals surface area contributed by atoms with Gasteiger partial charge in [-0.1, -0.05) is 36.0 Å². The Kier molecular flexibility index (Phi) is 8.59. The summed E-state index contributed by atoms with van der Waals surface area (Å²) in [7, 11) is 2.71. The van der Waals surface area contributed by atoms with Gasteiger partial charge in [0, 0.05) is 11.6 Å². The van der Waals surface area contributed by atoms with Gasteiger partial charge < -0.3 is 20.1 Å². The van der Waals surface area contributed by atoms with Gasteiger partial charge in [0.05, 0.1) is 41.1 Å². The number of allylic oxidation sites excluding steroid dienone is 1. The first-order chi connectivity index (χ1) is 16.7. The molecule has 2 aromatic carbocycles. The van der Waals surface area contributed by atoms with E-state index in [2.05, 4.69) is 32.6 Å². The first kappa shape index (κ1) is 26.3. The monoisotopic (exact) mass is 557 g/mol. The highest BCUT2D eigenvalue weighted by Crippen LogP contribution is 2.42. The molecule has 0 fully saturated rings. The van der Waals surface area contributed by atoms with Gasteiger partial charge in [0.15, 0.2) is 0 Å². The molecule has 0 saturated carbocycles. The summed E-state index contributed by atoms with van der Waals surface area (Å²) in [6, 6.07) is 12.9. The van der Waals surface area contributed by atoms with Crippen molar-refractivity contribution >= 4 is 51.2 Å². The van der Waals surface area contributed by atoms with Gasteiger partial charge in [-0.25, -0.2) is 0 Å². The van der Waals surface area contributed by atoms with Gasteiger partial charge in [0.2, 0.25) is 11.8 Å². The molecule has 8 nitrogen and oxygen atoms in total. The van der Waals surface area contributed by atoms with Gasteiger partial charge in [-0.3, -0.25) is 14.4 Å². The van der Waals surface area contributed by atoms with E-state index in [1.165, 1.54) is 14.2 Å². The number of carbonyl (C=O) groups is 3. The second kappa shape index (κ2) is 11.4. The number of nitrogens with one attached hydrogen (secondary N) is 2. The fourth-order valence-electron chi connectivity index (χ4n) is 3.88. The van der Waals surface area contributed by atoms with E-state index in [0.29, 0.717) is 15.8 Å². The van der Waals surface area contributed by atoms with Gasteiger partial charge in [-0.2, -0.15) is 5.26 Å². The molecule has 10 heteroatoms. The molecule has 0 unspecified atom stereocenters. The molecule has 0 aromatic heterocycles. The van der Waals surface area contributed by atoms with Crippen LogP contribution in [0.25, 0.3) is 0 Å². The Morgan fingerprint density at radius 2 is 1.89 bits per heavy atom. The number of hydrogen-bond donors (Lipinski definition) is 2. The number of aryl methyl sites for hydroxylation is 2. The number of para-hydroxylation sites is 1. The van der Waals surface area contributed by atoms with Crippen LogP contribution in [0.3, 0.4) is 0 Å². The molecule has 2 N–H and O–H groups in total. The lowest BCUT2D eigenvalue weighted by molar-refractivity contribution is -0.150. The fraction of sp³-hybridized carbons (Fsp3) is 0.280. The summed E-state index contributed by atoms with van der Waals surface area (Å²) in [5.41, 5.74) is 3.31. The van der Waals surface area contributed by atoms with Crippen LogP contribution in [0, 0.1) is 31.1 Å². The standard InChI is InChI=1S/C25H24BrN3O5S/c1-13-6-5-7-14(2)22(13)28-19(30)12-35-24-16(11-27)20(21(23(31)29-24)25(32)34-4)15-8-9-18(33-3)17(26)10-15/h5-10,20-21H,12H2,1-4H3,(H,28,30)(H,29,31)/t20-,21+/m0/s1. The van der Waals surface area contributed by atoms with Gasteiger partial charge in [0.25, 0.3) is 0 Å². The normalized spacial score (nSPS) is 17.3. The van der Waals surface area contributed by atoms with Crippen molar-refractivity contribution in [2.45, 2.75) is 19.8 Å². The van der Waals surface area contributed by atoms with Crippen LogP contribution in [0.1, 0.15) is 22.6 Å². The van der Waals surface area contributed by atoms with E-state index in [4.69, 9.17) is 9.47 Å². The molecule has 3 rings (SSSR count). The molecule has 1 aliphatic heterocycles. The number of nitriles is 1. The highest BCUT2D eigenvalue weighted by molar-refractivity contribution is 9.10. The van der Waals surface area contributed by atoms with Crippen LogP contribution in [-0.2, 0) is 19.1 Å². The molecule has 0 bridgehead atoms. The van der Waals surface area contributed by atoms with Crippen molar-refractivity contribution in [2.75, 3.05) is 25.3 Å². The van der Waals surface area contributed by atoms with Crippen LogP contribution in [0.2, 0.25) is 0 Å². The number of ether oxygens (including phenoxy) is 2. The predicted molar refractivity (Wildman–Crippen MR) is 137 cm³/mol. The number of thioether (sulfide) groups is 1. The molecule has 0 saturated heterocycles. The number of halogens is 1. The second-order valence-electron chi connectivity index (χ2n) is 7.82. The largest absolute Gasteiger partial charge is 0.496 e. The molecule has 0 spiro atoms. The summed E-state index contributed by atoms with van der Waals surface area (Å²) in [4.78, 5) is 38.2. The zero-order valence-electron chi connectivity index (χ0n) is 19.6. The molecule has 1 aliphatic rings. The Hall–Kier alpha value is -3.29. The number of hydrogen-bond acceptors (Lipinski definition) is 7. The maximum atomic E-state index is 13.0. The third kappa shape index (κ3) is 5.69. The number of carbonyl (C=O) groups excluding carboxylic acids is 3.